The number of methoxy groups -OCH3 is 1. The van der Waals surface area contributed by atoms with Crippen molar-refractivity contribution in [1.82, 2.24) is 0 Å². The van der Waals surface area contributed by atoms with Crippen LogP contribution in [0.25, 0.3) is 0 Å². The summed E-state index contributed by atoms with van der Waals surface area (Å²) in [7, 11) is 1.23. The fraction of sp³-hybridized carbons (Fsp3) is 0.750. The van der Waals surface area contributed by atoms with Crippen molar-refractivity contribution in [2.45, 2.75) is 4.33 Å². The Kier molecular flexibility index (Phi) is 3.85. The van der Waals surface area contributed by atoms with E-state index in [0.717, 1.165) is 0 Å². The quantitative estimate of drug-likeness (QED) is 0.539. The lowest BCUT2D eigenvalue weighted by Gasteiger charge is -2.11. The lowest BCUT2D eigenvalue weighted by Crippen LogP contribution is -2.28. The molecule has 0 aliphatic carbocycles. The van der Waals surface area contributed by atoms with Crippen LogP contribution in [0.2, 0.25) is 0 Å². The van der Waals surface area contributed by atoms with Crippen molar-refractivity contribution < 1.29 is 9.53 Å². The van der Waals surface area contributed by atoms with Gasteiger partial charge in [0.1, 0.15) is 0 Å². The summed E-state index contributed by atoms with van der Waals surface area (Å²) in [5.74, 6) is -0.650. The first-order chi connectivity index (χ1) is 4.04. The molecule has 0 aromatic carbocycles. The van der Waals surface area contributed by atoms with Gasteiger partial charge >= 0.3 is 5.97 Å². The maximum Gasteiger partial charge on any atom is 0.343 e. The van der Waals surface area contributed by atoms with Crippen molar-refractivity contribution in [3.05, 3.63) is 0 Å². The molecule has 0 fully saturated rings. The van der Waals surface area contributed by atoms with Gasteiger partial charge in [0.2, 0.25) is 4.33 Å². The molecule has 0 N–H and O–H groups in total. The van der Waals surface area contributed by atoms with Gasteiger partial charge in [-0.2, -0.15) is 0 Å². The normalized spacial score (nSPS) is 11.1. The molecule has 0 saturated carbocycles. The maximum atomic E-state index is 10.5. The van der Waals surface area contributed by atoms with E-state index in [9.17, 15) is 4.79 Å². The molecule has 0 rings (SSSR count). The van der Waals surface area contributed by atoms with E-state index in [1.165, 1.54) is 7.11 Å². The first-order valence-electron chi connectivity index (χ1n) is 2.07. The molecule has 54 valence electrons. The molecule has 5 heteroatoms. The summed E-state index contributed by atoms with van der Waals surface area (Å²) < 4.78 is 2.82. The van der Waals surface area contributed by atoms with E-state index < -0.39 is 10.3 Å². The minimum Gasteiger partial charge on any atom is -0.467 e. The van der Waals surface area contributed by atoms with Gasteiger partial charge in [0.25, 0.3) is 0 Å². The molecule has 0 heterocycles. The highest BCUT2D eigenvalue weighted by Crippen LogP contribution is 2.24. The zero-order chi connectivity index (χ0) is 7.49. The van der Waals surface area contributed by atoms with Gasteiger partial charge in [0.15, 0.2) is 0 Å². The second-order valence-electron chi connectivity index (χ2n) is 1.33. The van der Waals surface area contributed by atoms with Crippen molar-refractivity contribution in [2.75, 3.05) is 12.4 Å². The van der Waals surface area contributed by atoms with Crippen molar-refractivity contribution in [3.8, 4) is 0 Å². The zero-order valence-corrected chi connectivity index (χ0v) is 7.76. The van der Waals surface area contributed by atoms with E-state index in [2.05, 4.69) is 20.7 Å². The van der Waals surface area contributed by atoms with E-state index in [4.69, 9.17) is 23.2 Å². The van der Waals surface area contributed by atoms with Crippen molar-refractivity contribution in [2.24, 2.45) is 0 Å². The molecule has 0 spiro atoms. The molecule has 0 unspecified atom stereocenters. The molecule has 0 atom stereocenters. The molecule has 0 radical (unpaired) electrons. The Labute approximate surface area is 71.6 Å². The Balaban J connectivity index is 3.97. The second kappa shape index (κ2) is 3.64. The van der Waals surface area contributed by atoms with Gasteiger partial charge in [0, 0.05) is 5.33 Å². The maximum absolute atomic E-state index is 10.5. The number of ether oxygens (including phenoxy) is 1. The Morgan fingerprint density at radius 3 is 2.33 bits per heavy atom. The van der Waals surface area contributed by atoms with E-state index >= 15 is 0 Å². The van der Waals surface area contributed by atoms with Crippen LogP contribution < -0.4 is 0 Å². The number of hydrogen-bond acceptors (Lipinski definition) is 2. The molecular weight excluding hydrogens is 231 g/mol. The molecule has 2 nitrogen and oxygen atoms in total. The fourth-order valence-corrected chi connectivity index (χ4v) is 0.587. The number of carbonyl (C=O) groups is 1. The lowest BCUT2D eigenvalue weighted by molar-refractivity contribution is -0.140. The van der Waals surface area contributed by atoms with Crippen molar-refractivity contribution >= 4 is 45.1 Å². The topological polar surface area (TPSA) is 26.3 Å². The van der Waals surface area contributed by atoms with E-state index in [-0.39, 0.29) is 5.33 Å². The average Bonchev–Trinajstić information content (AvgIpc) is 1.86. The van der Waals surface area contributed by atoms with Crippen LogP contribution in [-0.2, 0) is 9.53 Å². The first-order valence-corrected chi connectivity index (χ1v) is 3.94. The first kappa shape index (κ1) is 9.53. The van der Waals surface area contributed by atoms with Crippen LogP contribution >= 0.6 is 39.1 Å². The van der Waals surface area contributed by atoms with Gasteiger partial charge in [-0.1, -0.05) is 39.1 Å². The van der Waals surface area contributed by atoms with E-state index in [1.54, 1.807) is 0 Å². The minimum atomic E-state index is -1.45. The van der Waals surface area contributed by atoms with Crippen molar-refractivity contribution in [1.29, 1.82) is 0 Å². The minimum absolute atomic E-state index is 0.162. The summed E-state index contributed by atoms with van der Waals surface area (Å²) in [5.41, 5.74) is 0. The third kappa shape index (κ3) is 2.74. The van der Waals surface area contributed by atoms with Gasteiger partial charge in [-0.05, 0) is 0 Å². The summed E-state index contributed by atoms with van der Waals surface area (Å²) in [6, 6.07) is 0. The monoisotopic (exact) mass is 234 g/mol. The number of carbonyl (C=O) groups excluding carboxylic acids is 1. The summed E-state index contributed by atoms with van der Waals surface area (Å²) in [5, 5.41) is 0.162. The van der Waals surface area contributed by atoms with Gasteiger partial charge in [-0.15, -0.1) is 0 Å². The number of hydrogen-bond donors (Lipinski definition) is 0. The third-order valence-corrected chi connectivity index (χ3v) is 2.71. The Hall–Kier alpha value is 0.530. The van der Waals surface area contributed by atoms with Crippen molar-refractivity contribution in [3.63, 3.8) is 0 Å². The van der Waals surface area contributed by atoms with E-state index in [1.807, 2.05) is 0 Å². The van der Waals surface area contributed by atoms with Crippen LogP contribution in [0.4, 0.5) is 0 Å². The Bertz CT molecular complexity index is 115. The summed E-state index contributed by atoms with van der Waals surface area (Å²) in [4.78, 5) is 10.5. The molecular formula is C4H5BrCl2O2. The smallest absolute Gasteiger partial charge is 0.343 e. The summed E-state index contributed by atoms with van der Waals surface area (Å²) in [6.45, 7) is 0. The van der Waals surface area contributed by atoms with E-state index in [0.29, 0.717) is 0 Å². The predicted octanol–water partition coefficient (Wildman–Crippen LogP) is 1.73. The molecule has 0 aromatic heterocycles. The SMILES string of the molecule is COC(=O)C(Cl)(Cl)CBr. The average molecular weight is 236 g/mol. The van der Waals surface area contributed by atoms with Crippen LogP contribution in [-0.4, -0.2) is 22.7 Å². The Morgan fingerprint density at radius 2 is 2.22 bits per heavy atom. The molecule has 0 amide bonds. The molecule has 0 aromatic rings. The highest BCUT2D eigenvalue weighted by atomic mass is 79.9. The predicted molar refractivity (Wildman–Crippen MR) is 40.2 cm³/mol. The number of alkyl halides is 3. The third-order valence-electron chi connectivity index (χ3n) is 0.652. The molecule has 0 aliphatic rings. The zero-order valence-electron chi connectivity index (χ0n) is 4.66. The second-order valence-corrected chi connectivity index (χ2v) is 3.37. The molecule has 0 aliphatic heterocycles. The highest BCUT2D eigenvalue weighted by molar-refractivity contribution is 9.09. The molecule has 0 saturated heterocycles. The van der Waals surface area contributed by atoms with Crippen LogP contribution in [0.3, 0.4) is 0 Å². The van der Waals surface area contributed by atoms with Crippen LogP contribution in [0, 0.1) is 0 Å². The highest BCUT2D eigenvalue weighted by Gasteiger charge is 2.33. The van der Waals surface area contributed by atoms with Gasteiger partial charge in [0.05, 0.1) is 7.11 Å². The number of halogens is 3. The van der Waals surface area contributed by atoms with Crippen LogP contribution in [0.15, 0.2) is 0 Å². The molecule has 9 heavy (non-hydrogen) atoms. The van der Waals surface area contributed by atoms with Gasteiger partial charge in [-0.25, -0.2) is 4.79 Å². The largest absolute Gasteiger partial charge is 0.467 e. The summed E-state index contributed by atoms with van der Waals surface area (Å²) >= 11 is 13.8. The Morgan fingerprint density at radius 1 is 1.78 bits per heavy atom. The molecule has 0 bridgehead atoms. The fourth-order valence-electron chi connectivity index (χ4n) is 0.204. The van der Waals surface area contributed by atoms with Crippen LogP contribution in [0.5, 0.6) is 0 Å². The summed E-state index contributed by atoms with van der Waals surface area (Å²) in [6.07, 6.45) is 0. The van der Waals surface area contributed by atoms with Gasteiger partial charge < -0.3 is 4.74 Å². The lowest BCUT2D eigenvalue weighted by atomic mass is 10.5. The number of esters is 1. The number of rotatable bonds is 2. The standard InChI is InChI=1S/C4H5BrCl2O2/c1-9-3(8)4(6,7)2-5/h2H2,1H3. The van der Waals surface area contributed by atoms with Gasteiger partial charge in [-0.3, -0.25) is 0 Å². The van der Waals surface area contributed by atoms with Crippen LogP contribution in [0.1, 0.15) is 0 Å².